The Labute approximate surface area is 143 Å². The average molecular weight is 342 g/mol. The fraction of sp³-hybridized carbons (Fsp3) is 0.263. The molecule has 2 aromatic heterocycles. The highest BCUT2D eigenvalue weighted by molar-refractivity contribution is 7.14. The summed E-state index contributed by atoms with van der Waals surface area (Å²) >= 11 is 1.44. The van der Waals surface area contributed by atoms with Crippen molar-refractivity contribution in [3.05, 3.63) is 61.6 Å². The van der Waals surface area contributed by atoms with Crippen molar-refractivity contribution in [2.75, 3.05) is 0 Å². The topological polar surface area (TPSA) is 56.5 Å². The van der Waals surface area contributed by atoms with E-state index in [0.717, 1.165) is 28.7 Å². The molecule has 0 spiro atoms. The molecule has 0 saturated heterocycles. The van der Waals surface area contributed by atoms with Gasteiger partial charge in [-0.3, -0.25) is 0 Å². The van der Waals surface area contributed by atoms with Crippen molar-refractivity contribution in [3.63, 3.8) is 0 Å². The van der Waals surface area contributed by atoms with Crippen LogP contribution in [-0.2, 0) is 6.42 Å². The first-order chi connectivity index (χ1) is 11.5. The van der Waals surface area contributed by atoms with E-state index in [2.05, 4.69) is 6.92 Å². The standard InChI is InChI=1S/C19H18O4S/c1-4-5-13-9-17(24-12(13)3)19(21)22-14-6-7-15-11(2)8-18(20)23-16(15)10-14/h6-10H,4-5H2,1-3H3. The third-order valence-corrected chi connectivity index (χ3v) is 4.95. The number of aryl methyl sites for hydroxylation is 3. The second-order valence-corrected chi connectivity index (χ2v) is 6.99. The van der Waals surface area contributed by atoms with Gasteiger partial charge < -0.3 is 9.15 Å². The minimum absolute atomic E-state index is 0.365. The Hall–Kier alpha value is -2.40. The number of carbonyl (C=O) groups excluding carboxylic acids is 1. The number of fused-ring (bicyclic) bond motifs is 1. The summed E-state index contributed by atoms with van der Waals surface area (Å²) in [4.78, 5) is 25.6. The molecule has 3 rings (SSSR count). The summed E-state index contributed by atoms with van der Waals surface area (Å²) in [6.45, 7) is 5.97. The predicted molar refractivity (Wildman–Crippen MR) is 95.2 cm³/mol. The van der Waals surface area contributed by atoms with Crippen LogP contribution in [0.4, 0.5) is 0 Å². The van der Waals surface area contributed by atoms with E-state index in [0.29, 0.717) is 16.2 Å². The Balaban J connectivity index is 1.87. The van der Waals surface area contributed by atoms with Crippen LogP contribution >= 0.6 is 11.3 Å². The molecule has 3 aromatic rings. The molecule has 5 heteroatoms. The Morgan fingerprint density at radius 2 is 2.00 bits per heavy atom. The van der Waals surface area contributed by atoms with Crippen molar-refractivity contribution in [2.45, 2.75) is 33.6 Å². The number of thiophene rings is 1. The number of rotatable bonds is 4. The van der Waals surface area contributed by atoms with Gasteiger partial charge in [0.15, 0.2) is 0 Å². The summed E-state index contributed by atoms with van der Waals surface area (Å²) in [6.07, 6.45) is 1.99. The number of ether oxygens (including phenoxy) is 1. The SMILES string of the molecule is CCCc1cc(C(=O)Oc2ccc3c(C)cc(=O)oc3c2)sc1C. The lowest BCUT2D eigenvalue weighted by atomic mass is 10.1. The normalized spacial score (nSPS) is 11.0. The van der Waals surface area contributed by atoms with Crippen LogP contribution in [0.5, 0.6) is 5.75 Å². The molecule has 4 nitrogen and oxygen atoms in total. The minimum Gasteiger partial charge on any atom is -0.423 e. The zero-order valence-electron chi connectivity index (χ0n) is 13.8. The number of esters is 1. The van der Waals surface area contributed by atoms with Gasteiger partial charge in [0.25, 0.3) is 0 Å². The van der Waals surface area contributed by atoms with Gasteiger partial charge in [-0.1, -0.05) is 13.3 Å². The van der Waals surface area contributed by atoms with Crippen LogP contribution in [0.1, 0.15) is 39.0 Å². The Kier molecular flexibility index (Phi) is 4.53. The molecule has 0 bridgehead atoms. The van der Waals surface area contributed by atoms with Gasteiger partial charge in [0.2, 0.25) is 0 Å². The molecule has 0 aliphatic heterocycles. The molecule has 124 valence electrons. The van der Waals surface area contributed by atoms with Crippen LogP contribution in [0.3, 0.4) is 0 Å². The largest absolute Gasteiger partial charge is 0.423 e. The third kappa shape index (κ3) is 3.26. The lowest BCUT2D eigenvalue weighted by molar-refractivity contribution is 0.0740. The molecule has 0 atom stereocenters. The summed E-state index contributed by atoms with van der Waals surface area (Å²) in [5.41, 5.74) is 2.02. The summed E-state index contributed by atoms with van der Waals surface area (Å²) < 4.78 is 10.6. The van der Waals surface area contributed by atoms with Gasteiger partial charge in [-0.2, -0.15) is 0 Å². The molecule has 0 fully saturated rings. The van der Waals surface area contributed by atoms with E-state index in [-0.39, 0.29) is 5.97 Å². The summed E-state index contributed by atoms with van der Waals surface area (Å²) in [5.74, 6) is -0.0239. The quantitative estimate of drug-likeness (QED) is 0.394. The van der Waals surface area contributed by atoms with E-state index < -0.39 is 5.63 Å². The molecule has 0 amide bonds. The van der Waals surface area contributed by atoms with E-state index in [9.17, 15) is 9.59 Å². The summed E-state index contributed by atoms with van der Waals surface area (Å²) in [6, 6.07) is 8.42. The maximum atomic E-state index is 12.3. The molecule has 0 unspecified atom stereocenters. The average Bonchev–Trinajstić information content (AvgIpc) is 2.88. The lowest BCUT2D eigenvalue weighted by Gasteiger charge is -2.05. The molecule has 0 radical (unpaired) electrons. The van der Waals surface area contributed by atoms with Crippen LogP contribution < -0.4 is 10.4 Å². The Morgan fingerprint density at radius 1 is 1.21 bits per heavy atom. The Morgan fingerprint density at radius 3 is 2.75 bits per heavy atom. The third-order valence-electron chi connectivity index (χ3n) is 3.87. The van der Waals surface area contributed by atoms with Gasteiger partial charge in [-0.25, -0.2) is 9.59 Å². The van der Waals surface area contributed by atoms with Gasteiger partial charge in [0, 0.05) is 22.4 Å². The van der Waals surface area contributed by atoms with Crippen molar-refractivity contribution >= 4 is 28.3 Å². The number of hydrogen-bond donors (Lipinski definition) is 0. The molecule has 24 heavy (non-hydrogen) atoms. The molecular weight excluding hydrogens is 324 g/mol. The van der Waals surface area contributed by atoms with E-state index in [1.807, 2.05) is 19.9 Å². The lowest BCUT2D eigenvalue weighted by Crippen LogP contribution is -2.06. The predicted octanol–water partition coefficient (Wildman–Crippen LogP) is 4.64. The zero-order valence-corrected chi connectivity index (χ0v) is 14.7. The van der Waals surface area contributed by atoms with Crippen LogP contribution in [0.25, 0.3) is 11.0 Å². The van der Waals surface area contributed by atoms with Crippen molar-refractivity contribution in [3.8, 4) is 5.75 Å². The number of benzene rings is 1. The van der Waals surface area contributed by atoms with Crippen molar-refractivity contribution in [2.24, 2.45) is 0 Å². The number of hydrogen-bond acceptors (Lipinski definition) is 5. The monoisotopic (exact) mass is 342 g/mol. The second-order valence-electron chi connectivity index (χ2n) is 5.74. The van der Waals surface area contributed by atoms with Gasteiger partial charge >= 0.3 is 11.6 Å². The zero-order chi connectivity index (χ0) is 17.3. The molecule has 0 aliphatic carbocycles. The van der Waals surface area contributed by atoms with E-state index in [1.165, 1.54) is 23.0 Å². The highest BCUT2D eigenvalue weighted by Crippen LogP contribution is 2.26. The maximum Gasteiger partial charge on any atom is 0.353 e. The Bertz CT molecular complexity index is 965. The molecule has 2 heterocycles. The van der Waals surface area contributed by atoms with E-state index in [4.69, 9.17) is 9.15 Å². The molecular formula is C19H18O4S. The van der Waals surface area contributed by atoms with Crippen LogP contribution in [0.2, 0.25) is 0 Å². The molecule has 1 aromatic carbocycles. The summed E-state index contributed by atoms with van der Waals surface area (Å²) in [5, 5.41) is 0.826. The highest BCUT2D eigenvalue weighted by atomic mass is 32.1. The number of carbonyl (C=O) groups is 1. The molecule has 0 saturated carbocycles. The van der Waals surface area contributed by atoms with Gasteiger partial charge in [0.1, 0.15) is 16.2 Å². The maximum absolute atomic E-state index is 12.3. The first-order valence-corrected chi connectivity index (χ1v) is 8.65. The molecule has 0 aliphatic rings. The first kappa shape index (κ1) is 16.5. The fourth-order valence-corrected chi connectivity index (χ4v) is 3.61. The smallest absolute Gasteiger partial charge is 0.353 e. The van der Waals surface area contributed by atoms with Crippen molar-refractivity contribution < 1.29 is 13.9 Å². The summed E-state index contributed by atoms with van der Waals surface area (Å²) in [7, 11) is 0. The first-order valence-electron chi connectivity index (χ1n) is 7.84. The van der Waals surface area contributed by atoms with Crippen molar-refractivity contribution in [1.29, 1.82) is 0 Å². The van der Waals surface area contributed by atoms with Crippen LogP contribution in [0.15, 0.2) is 39.5 Å². The van der Waals surface area contributed by atoms with Crippen molar-refractivity contribution in [1.82, 2.24) is 0 Å². The molecule has 0 N–H and O–H groups in total. The van der Waals surface area contributed by atoms with Gasteiger partial charge in [0.05, 0.1) is 0 Å². The van der Waals surface area contributed by atoms with E-state index >= 15 is 0 Å². The minimum atomic E-state index is -0.415. The highest BCUT2D eigenvalue weighted by Gasteiger charge is 2.15. The second kappa shape index (κ2) is 6.61. The van der Waals surface area contributed by atoms with E-state index in [1.54, 1.807) is 18.2 Å². The van der Waals surface area contributed by atoms with Gasteiger partial charge in [-0.15, -0.1) is 11.3 Å². The van der Waals surface area contributed by atoms with Gasteiger partial charge in [-0.05, 0) is 49.6 Å². The van der Waals surface area contributed by atoms with Crippen LogP contribution in [0, 0.1) is 13.8 Å². The fourth-order valence-electron chi connectivity index (χ4n) is 2.66. The van der Waals surface area contributed by atoms with Crippen LogP contribution in [-0.4, -0.2) is 5.97 Å².